The lowest BCUT2D eigenvalue weighted by molar-refractivity contribution is 0.0924. The number of carbonyl (C=O) groups is 1. The van der Waals surface area contributed by atoms with E-state index >= 15 is 0 Å². The number of nitrogens with zero attached hydrogens (tertiary/aromatic N) is 1. The smallest absolute Gasteiger partial charge is 0.257 e. The fraction of sp³-hybridized carbons (Fsp3) is 0.200. The SMILES string of the molecule is Cc1onc(-c2ccccc2Cl)c1C(=O)N[C@H]1CCOc2ccccc21. The van der Waals surface area contributed by atoms with E-state index in [1.54, 1.807) is 13.0 Å². The van der Waals surface area contributed by atoms with E-state index in [4.69, 9.17) is 20.9 Å². The van der Waals surface area contributed by atoms with Gasteiger partial charge >= 0.3 is 0 Å². The molecule has 0 saturated carbocycles. The van der Waals surface area contributed by atoms with Crippen LogP contribution in [0.5, 0.6) is 5.75 Å². The molecule has 1 amide bonds. The lowest BCUT2D eigenvalue weighted by atomic mass is 9.99. The maximum atomic E-state index is 13.0. The van der Waals surface area contributed by atoms with Crippen molar-refractivity contribution in [2.45, 2.75) is 19.4 Å². The van der Waals surface area contributed by atoms with Gasteiger partial charge in [-0.2, -0.15) is 0 Å². The zero-order chi connectivity index (χ0) is 18.1. The van der Waals surface area contributed by atoms with Gasteiger partial charge in [0.15, 0.2) is 0 Å². The lowest BCUT2D eigenvalue weighted by Crippen LogP contribution is -2.32. The number of ether oxygens (including phenoxy) is 1. The predicted molar refractivity (Wildman–Crippen MR) is 98.4 cm³/mol. The minimum absolute atomic E-state index is 0.124. The van der Waals surface area contributed by atoms with Crippen molar-refractivity contribution in [1.82, 2.24) is 10.5 Å². The topological polar surface area (TPSA) is 64.4 Å². The van der Waals surface area contributed by atoms with Crippen LogP contribution in [0.15, 0.2) is 53.1 Å². The molecular weight excluding hydrogens is 352 g/mol. The van der Waals surface area contributed by atoms with Crippen molar-refractivity contribution in [1.29, 1.82) is 0 Å². The van der Waals surface area contributed by atoms with Crippen LogP contribution in [0.25, 0.3) is 11.3 Å². The van der Waals surface area contributed by atoms with Gasteiger partial charge in [-0.05, 0) is 19.1 Å². The van der Waals surface area contributed by atoms with E-state index in [1.165, 1.54) is 0 Å². The molecule has 4 rings (SSSR count). The molecule has 26 heavy (non-hydrogen) atoms. The molecule has 1 aliphatic heterocycles. The molecule has 1 atom stereocenters. The van der Waals surface area contributed by atoms with Gasteiger partial charge in [0.05, 0.1) is 17.7 Å². The van der Waals surface area contributed by atoms with Crippen molar-refractivity contribution in [3.63, 3.8) is 0 Å². The molecule has 0 radical (unpaired) electrons. The van der Waals surface area contributed by atoms with Crippen LogP contribution in [0.1, 0.15) is 34.1 Å². The summed E-state index contributed by atoms with van der Waals surface area (Å²) in [6.45, 7) is 2.28. The van der Waals surface area contributed by atoms with Crippen LogP contribution in [0.4, 0.5) is 0 Å². The molecular formula is C20H17ClN2O3. The Morgan fingerprint density at radius 1 is 1.19 bits per heavy atom. The number of carbonyl (C=O) groups excluding carboxylic acids is 1. The highest BCUT2D eigenvalue weighted by Gasteiger charge is 2.27. The second-order valence-electron chi connectivity index (χ2n) is 6.14. The first-order chi connectivity index (χ1) is 12.6. The van der Waals surface area contributed by atoms with E-state index in [2.05, 4.69) is 10.5 Å². The third kappa shape index (κ3) is 2.95. The number of rotatable bonds is 3. The highest BCUT2D eigenvalue weighted by Crippen LogP contribution is 2.34. The van der Waals surface area contributed by atoms with Crippen LogP contribution in [0.3, 0.4) is 0 Å². The van der Waals surface area contributed by atoms with Gasteiger partial charge in [-0.3, -0.25) is 4.79 Å². The molecule has 1 N–H and O–H groups in total. The van der Waals surface area contributed by atoms with E-state index < -0.39 is 0 Å². The van der Waals surface area contributed by atoms with E-state index in [-0.39, 0.29) is 11.9 Å². The third-order valence-electron chi connectivity index (χ3n) is 4.48. The van der Waals surface area contributed by atoms with Gasteiger partial charge in [0.25, 0.3) is 5.91 Å². The number of halogens is 1. The maximum Gasteiger partial charge on any atom is 0.257 e. The Balaban J connectivity index is 1.67. The summed E-state index contributed by atoms with van der Waals surface area (Å²) in [6, 6.07) is 14.9. The van der Waals surface area contributed by atoms with Crippen molar-refractivity contribution in [2.24, 2.45) is 0 Å². The Labute approximate surface area is 155 Å². The van der Waals surface area contributed by atoms with Gasteiger partial charge in [-0.15, -0.1) is 0 Å². The molecule has 0 bridgehead atoms. The lowest BCUT2D eigenvalue weighted by Gasteiger charge is -2.26. The van der Waals surface area contributed by atoms with Crippen LogP contribution >= 0.6 is 11.6 Å². The molecule has 0 unspecified atom stereocenters. The van der Waals surface area contributed by atoms with Crippen LogP contribution < -0.4 is 10.1 Å². The highest BCUT2D eigenvalue weighted by atomic mass is 35.5. The van der Waals surface area contributed by atoms with Gasteiger partial charge in [0.2, 0.25) is 0 Å². The van der Waals surface area contributed by atoms with Gasteiger partial charge in [-0.1, -0.05) is 53.2 Å². The largest absolute Gasteiger partial charge is 0.493 e. The van der Waals surface area contributed by atoms with E-state index in [9.17, 15) is 4.79 Å². The molecule has 5 nitrogen and oxygen atoms in total. The first-order valence-electron chi connectivity index (χ1n) is 8.39. The molecule has 1 aromatic heterocycles. The molecule has 0 aliphatic carbocycles. The third-order valence-corrected chi connectivity index (χ3v) is 4.81. The standard InChI is InChI=1S/C20H17ClN2O3/c1-12-18(19(23-26-12)13-6-2-4-8-15(13)21)20(24)22-16-10-11-25-17-9-5-3-7-14(16)17/h2-9,16H,10-11H2,1H3,(H,22,24)/t16-/m0/s1. The fourth-order valence-corrected chi connectivity index (χ4v) is 3.42. The summed E-state index contributed by atoms with van der Waals surface area (Å²) in [5.41, 5.74) is 2.50. The minimum atomic E-state index is -0.236. The number of benzene rings is 2. The van der Waals surface area contributed by atoms with Crippen molar-refractivity contribution < 1.29 is 14.1 Å². The summed E-state index contributed by atoms with van der Waals surface area (Å²) in [5.74, 6) is 1.02. The monoisotopic (exact) mass is 368 g/mol. The summed E-state index contributed by atoms with van der Waals surface area (Å²) >= 11 is 6.27. The van der Waals surface area contributed by atoms with Crippen molar-refractivity contribution >= 4 is 17.5 Å². The van der Waals surface area contributed by atoms with Crippen molar-refractivity contribution in [2.75, 3.05) is 6.61 Å². The average Bonchev–Trinajstić information content (AvgIpc) is 3.04. The first kappa shape index (κ1) is 16.7. The number of nitrogens with one attached hydrogen (secondary N) is 1. The Kier molecular flexibility index (Phi) is 4.39. The molecule has 2 heterocycles. The summed E-state index contributed by atoms with van der Waals surface area (Å²) < 4.78 is 10.9. The number of para-hydroxylation sites is 1. The normalized spacial score (nSPS) is 15.8. The van der Waals surface area contributed by atoms with Gasteiger partial charge in [0.1, 0.15) is 22.8 Å². The summed E-state index contributed by atoms with van der Waals surface area (Å²) in [5, 5.41) is 7.67. The highest BCUT2D eigenvalue weighted by molar-refractivity contribution is 6.33. The number of hydrogen-bond donors (Lipinski definition) is 1. The fourth-order valence-electron chi connectivity index (χ4n) is 3.20. The Morgan fingerprint density at radius 2 is 1.96 bits per heavy atom. The van der Waals surface area contributed by atoms with Crippen LogP contribution in [0.2, 0.25) is 5.02 Å². The van der Waals surface area contributed by atoms with Crippen molar-refractivity contribution in [3.05, 3.63) is 70.4 Å². The van der Waals surface area contributed by atoms with Gasteiger partial charge in [0, 0.05) is 17.5 Å². The minimum Gasteiger partial charge on any atom is -0.493 e. The second-order valence-corrected chi connectivity index (χ2v) is 6.55. The molecule has 3 aromatic rings. The summed E-state index contributed by atoms with van der Waals surface area (Å²) in [7, 11) is 0. The number of aryl methyl sites for hydroxylation is 1. The van der Waals surface area contributed by atoms with E-state index in [0.29, 0.717) is 40.6 Å². The maximum absolute atomic E-state index is 13.0. The zero-order valence-corrected chi connectivity index (χ0v) is 14.9. The number of fused-ring (bicyclic) bond motifs is 1. The molecule has 1 aliphatic rings. The molecule has 2 aromatic carbocycles. The first-order valence-corrected chi connectivity index (χ1v) is 8.76. The molecule has 0 spiro atoms. The van der Waals surface area contributed by atoms with E-state index in [1.807, 2.05) is 42.5 Å². The quantitative estimate of drug-likeness (QED) is 0.736. The van der Waals surface area contributed by atoms with E-state index in [0.717, 1.165) is 11.3 Å². The van der Waals surface area contributed by atoms with Crippen LogP contribution in [-0.4, -0.2) is 17.7 Å². The predicted octanol–water partition coefficient (Wildman–Crippen LogP) is 4.56. The van der Waals surface area contributed by atoms with Crippen LogP contribution in [-0.2, 0) is 0 Å². The number of aromatic nitrogens is 1. The molecule has 6 heteroatoms. The summed E-state index contributed by atoms with van der Waals surface area (Å²) in [4.78, 5) is 13.0. The number of hydrogen-bond acceptors (Lipinski definition) is 4. The molecule has 0 saturated heterocycles. The number of amides is 1. The Hall–Kier alpha value is -2.79. The van der Waals surface area contributed by atoms with Gasteiger partial charge < -0.3 is 14.6 Å². The zero-order valence-electron chi connectivity index (χ0n) is 14.2. The Bertz CT molecular complexity index is 967. The molecule has 0 fully saturated rings. The molecule has 132 valence electrons. The second kappa shape index (κ2) is 6.84. The van der Waals surface area contributed by atoms with Crippen molar-refractivity contribution in [3.8, 4) is 17.0 Å². The average molecular weight is 369 g/mol. The Morgan fingerprint density at radius 3 is 2.81 bits per heavy atom. The van der Waals surface area contributed by atoms with Gasteiger partial charge in [-0.25, -0.2) is 0 Å². The van der Waals surface area contributed by atoms with Crippen LogP contribution in [0, 0.1) is 6.92 Å². The summed E-state index contributed by atoms with van der Waals surface area (Å²) in [6.07, 6.45) is 0.703.